The number of piperidine rings is 1. The normalized spacial score (nSPS) is 26.3. The number of hydrogen-bond donors (Lipinski definition) is 1. The van der Waals surface area contributed by atoms with Gasteiger partial charge in [-0.3, -0.25) is 9.48 Å². The molecule has 3 heterocycles. The monoisotopic (exact) mass is 290 g/mol. The molecule has 1 amide bonds. The summed E-state index contributed by atoms with van der Waals surface area (Å²) in [6.45, 7) is 7.64. The first kappa shape index (κ1) is 14.6. The fourth-order valence-electron chi connectivity index (χ4n) is 3.76. The van der Waals surface area contributed by atoms with Crippen molar-refractivity contribution in [2.24, 2.45) is 5.92 Å². The highest BCUT2D eigenvalue weighted by molar-refractivity contribution is 5.92. The average molecular weight is 290 g/mol. The van der Waals surface area contributed by atoms with Gasteiger partial charge in [-0.1, -0.05) is 0 Å². The van der Waals surface area contributed by atoms with Crippen molar-refractivity contribution >= 4 is 5.91 Å². The van der Waals surface area contributed by atoms with Gasteiger partial charge in [0, 0.05) is 25.7 Å². The number of rotatable bonds is 3. The van der Waals surface area contributed by atoms with Crippen LogP contribution < -0.4 is 5.32 Å². The van der Waals surface area contributed by atoms with Crippen molar-refractivity contribution < 1.29 is 4.79 Å². The molecule has 0 aliphatic carbocycles. The lowest BCUT2D eigenvalue weighted by molar-refractivity contribution is 0.0638. The van der Waals surface area contributed by atoms with Gasteiger partial charge in [-0.25, -0.2) is 0 Å². The maximum atomic E-state index is 12.8. The quantitative estimate of drug-likeness (QED) is 0.924. The number of aromatic nitrogens is 2. The number of carbonyl (C=O) groups excluding carboxylic acids is 1. The molecule has 0 spiro atoms. The van der Waals surface area contributed by atoms with Crippen LogP contribution in [0.4, 0.5) is 0 Å². The average Bonchev–Trinajstić information content (AvgIpc) is 3.15. The van der Waals surface area contributed by atoms with E-state index in [1.165, 1.54) is 19.3 Å². The summed E-state index contributed by atoms with van der Waals surface area (Å²) in [6, 6.07) is 2.53. The van der Waals surface area contributed by atoms with Crippen LogP contribution in [0.1, 0.15) is 48.8 Å². The molecule has 0 saturated carbocycles. The van der Waals surface area contributed by atoms with Crippen LogP contribution in [-0.4, -0.2) is 46.3 Å². The first-order valence-electron chi connectivity index (χ1n) is 8.26. The van der Waals surface area contributed by atoms with Crippen LogP contribution in [0.15, 0.2) is 6.07 Å². The summed E-state index contributed by atoms with van der Waals surface area (Å²) in [5.41, 5.74) is 1.67. The topological polar surface area (TPSA) is 50.2 Å². The molecule has 2 unspecified atom stereocenters. The van der Waals surface area contributed by atoms with E-state index in [-0.39, 0.29) is 5.91 Å². The first-order valence-corrected chi connectivity index (χ1v) is 8.26. The Morgan fingerprint density at radius 3 is 3.00 bits per heavy atom. The summed E-state index contributed by atoms with van der Waals surface area (Å²) in [5, 5.41) is 8.00. The number of carbonyl (C=O) groups is 1. The molecule has 2 saturated heterocycles. The number of aryl methyl sites for hydroxylation is 2. The largest absolute Gasteiger partial charge is 0.337 e. The highest BCUT2D eigenvalue weighted by atomic mass is 16.2. The second-order valence-corrected chi connectivity index (χ2v) is 6.34. The fraction of sp³-hybridized carbons (Fsp3) is 0.750. The van der Waals surface area contributed by atoms with Gasteiger partial charge >= 0.3 is 0 Å². The van der Waals surface area contributed by atoms with E-state index in [0.29, 0.717) is 12.0 Å². The highest BCUT2D eigenvalue weighted by Gasteiger charge is 2.32. The maximum absolute atomic E-state index is 12.8. The van der Waals surface area contributed by atoms with Gasteiger partial charge in [0.1, 0.15) is 5.69 Å². The lowest BCUT2D eigenvalue weighted by Gasteiger charge is -2.35. The molecule has 5 heteroatoms. The standard InChI is InChI=1S/C16H26N4O/c1-3-20-15(10-12(2)18-20)16(21)19-9-5-6-13(11-19)14-7-4-8-17-14/h10,13-14,17H,3-9,11H2,1-2H3. The molecule has 116 valence electrons. The minimum atomic E-state index is 0.153. The van der Waals surface area contributed by atoms with Gasteiger partial charge in [-0.15, -0.1) is 0 Å². The Labute approximate surface area is 126 Å². The van der Waals surface area contributed by atoms with E-state index in [9.17, 15) is 4.79 Å². The summed E-state index contributed by atoms with van der Waals surface area (Å²) in [5.74, 6) is 0.768. The summed E-state index contributed by atoms with van der Waals surface area (Å²) in [4.78, 5) is 14.8. The first-order chi connectivity index (χ1) is 10.2. The smallest absolute Gasteiger partial charge is 0.272 e. The van der Waals surface area contributed by atoms with Gasteiger partial charge in [-0.05, 0) is 58.1 Å². The SMILES string of the molecule is CCn1nc(C)cc1C(=O)N1CCCC(C2CCCN2)C1. The maximum Gasteiger partial charge on any atom is 0.272 e. The van der Waals surface area contributed by atoms with Crippen molar-refractivity contribution in [3.8, 4) is 0 Å². The predicted molar refractivity (Wildman–Crippen MR) is 82.3 cm³/mol. The number of likely N-dealkylation sites (tertiary alicyclic amines) is 1. The third-order valence-electron chi connectivity index (χ3n) is 4.83. The second-order valence-electron chi connectivity index (χ2n) is 6.34. The minimum Gasteiger partial charge on any atom is -0.337 e. The van der Waals surface area contributed by atoms with E-state index in [4.69, 9.17) is 0 Å². The summed E-state index contributed by atoms with van der Waals surface area (Å²) in [7, 11) is 0. The molecule has 1 N–H and O–H groups in total. The molecule has 2 aliphatic heterocycles. The van der Waals surface area contributed by atoms with Crippen molar-refractivity contribution in [2.45, 2.75) is 52.1 Å². The molecule has 2 atom stereocenters. The third-order valence-corrected chi connectivity index (χ3v) is 4.83. The molecule has 0 bridgehead atoms. The van der Waals surface area contributed by atoms with E-state index in [0.717, 1.165) is 44.0 Å². The van der Waals surface area contributed by atoms with E-state index in [2.05, 4.69) is 10.4 Å². The van der Waals surface area contributed by atoms with Crippen LogP contribution in [0.25, 0.3) is 0 Å². The highest BCUT2D eigenvalue weighted by Crippen LogP contribution is 2.25. The number of nitrogens with one attached hydrogen (secondary N) is 1. The molecular formula is C16H26N4O. The Morgan fingerprint density at radius 1 is 1.43 bits per heavy atom. The van der Waals surface area contributed by atoms with E-state index in [1.807, 2.05) is 29.5 Å². The van der Waals surface area contributed by atoms with Gasteiger partial charge < -0.3 is 10.2 Å². The molecule has 3 rings (SSSR count). The van der Waals surface area contributed by atoms with Gasteiger partial charge in [0.25, 0.3) is 5.91 Å². The van der Waals surface area contributed by atoms with E-state index < -0.39 is 0 Å². The zero-order chi connectivity index (χ0) is 14.8. The molecule has 2 fully saturated rings. The van der Waals surface area contributed by atoms with Crippen molar-refractivity contribution in [2.75, 3.05) is 19.6 Å². The zero-order valence-corrected chi connectivity index (χ0v) is 13.1. The number of hydrogen-bond acceptors (Lipinski definition) is 3. The van der Waals surface area contributed by atoms with Crippen molar-refractivity contribution in [1.82, 2.24) is 20.0 Å². The van der Waals surface area contributed by atoms with Crippen LogP contribution >= 0.6 is 0 Å². The number of amides is 1. The molecule has 21 heavy (non-hydrogen) atoms. The molecule has 5 nitrogen and oxygen atoms in total. The van der Waals surface area contributed by atoms with Gasteiger partial charge in [-0.2, -0.15) is 5.10 Å². The van der Waals surface area contributed by atoms with Crippen molar-refractivity contribution in [3.05, 3.63) is 17.5 Å². The Hall–Kier alpha value is -1.36. The van der Waals surface area contributed by atoms with E-state index >= 15 is 0 Å². The lowest BCUT2D eigenvalue weighted by atomic mass is 9.89. The van der Waals surface area contributed by atoms with Crippen LogP contribution in [0.3, 0.4) is 0 Å². The number of nitrogens with zero attached hydrogens (tertiary/aromatic N) is 3. The minimum absolute atomic E-state index is 0.153. The summed E-state index contributed by atoms with van der Waals surface area (Å²) < 4.78 is 1.83. The summed E-state index contributed by atoms with van der Waals surface area (Å²) in [6.07, 6.45) is 4.90. The second kappa shape index (κ2) is 6.18. The molecule has 0 aromatic carbocycles. The van der Waals surface area contributed by atoms with Gasteiger partial charge in [0.15, 0.2) is 0 Å². The van der Waals surface area contributed by atoms with Crippen LogP contribution in [0, 0.1) is 12.8 Å². The van der Waals surface area contributed by atoms with Gasteiger partial charge in [0.05, 0.1) is 5.69 Å². The third kappa shape index (κ3) is 2.98. The van der Waals surface area contributed by atoms with E-state index in [1.54, 1.807) is 0 Å². The molecule has 2 aliphatic rings. The molecular weight excluding hydrogens is 264 g/mol. The predicted octanol–water partition coefficient (Wildman–Crippen LogP) is 1.82. The Bertz CT molecular complexity index is 504. The molecule has 1 aromatic heterocycles. The molecule has 0 radical (unpaired) electrons. The summed E-state index contributed by atoms with van der Waals surface area (Å²) >= 11 is 0. The zero-order valence-electron chi connectivity index (χ0n) is 13.1. The van der Waals surface area contributed by atoms with Crippen LogP contribution in [0.2, 0.25) is 0 Å². The Kier molecular flexibility index (Phi) is 4.29. The van der Waals surface area contributed by atoms with Crippen LogP contribution in [0.5, 0.6) is 0 Å². The molecule has 1 aromatic rings. The fourth-order valence-corrected chi connectivity index (χ4v) is 3.76. The lowest BCUT2D eigenvalue weighted by Crippen LogP contribution is -2.46. The van der Waals surface area contributed by atoms with Crippen molar-refractivity contribution in [1.29, 1.82) is 0 Å². The van der Waals surface area contributed by atoms with Crippen molar-refractivity contribution in [3.63, 3.8) is 0 Å². The Morgan fingerprint density at radius 2 is 2.29 bits per heavy atom. The van der Waals surface area contributed by atoms with Gasteiger partial charge in [0.2, 0.25) is 0 Å². The van der Waals surface area contributed by atoms with Crippen LogP contribution in [-0.2, 0) is 6.54 Å². The Balaban J connectivity index is 1.71.